The van der Waals surface area contributed by atoms with Crippen molar-refractivity contribution >= 4 is 0 Å². The molecule has 0 amide bonds. The third-order valence-corrected chi connectivity index (χ3v) is 3.12. The maximum atomic E-state index is 9.23. The number of methoxy groups -OCH3 is 1. The van der Waals surface area contributed by atoms with Gasteiger partial charge in [0.1, 0.15) is 5.75 Å². The van der Waals surface area contributed by atoms with Gasteiger partial charge in [-0.3, -0.25) is 0 Å². The number of hydrogen-bond acceptors (Lipinski definition) is 3. The molecule has 1 aromatic carbocycles. The molecule has 2 rings (SSSR count). The van der Waals surface area contributed by atoms with Crippen molar-refractivity contribution < 1.29 is 9.84 Å². The van der Waals surface area contributed by atoms with Crippen LogP contribution in [0.2, 0.25) is 0 Å². The van der Waals surface area contributed by atoms with Crippen LogP contribution in [0.4, 0.5) is 0 Å². The molecule has 0 unspecified atom stereocenters. The van der Waals surface area contributed by atoms with Crippen LogP contribution in [0.5, 0.6) is 5.75 Å². The van der Waals surface area contributed by atoms with Crippen LogP contribution < -0.4 is 10.1 Å². The molecule has 15 heavy (non-hydrogen) atoms. The van der Waals surface area contributed by atoms with Crippen molar-refractivity contribution in [3.63, 3.8) is 0 Å². The average molecular weight is 207 g/mol. The van der Waals surface area contributed by atoms with Crippen molar-refractivity contribution in [1.29, 1.82) is 0 Å². The Kier molecular flexibility index (Phi) is 3.23. The molecular formula is C12H17NO2. The zero-order valence-corrected chi connectivity index (χ0v) is 8.94. The predicted octanol–water partition coefficient (Wildman–Crippen LogP) is 0.990. The molecule has 0 aromatic heterocycles. The second-order valence-electron chi connectivity index (χ2n) is 3.98. The third kappa shape index (κ3) is 2.13. The number of nitrogens with one attached hydrogen (secondary N) is 1. The second kappa shape index (κ2) is 4.64. The van der Waals surface area contributed by atoms with E-state index in [-0.39, 0.29) is 6.61 Å². The highest BCUT2D eigenvalue weighted by atomic mass is 16.5. The minimum Gasteiger partial charge on any atom is -0.497 e. The molecule has 3 heteroatoms. The normalized spacial score (nSPS) is 25.5. The first-order valence-electron chi connectivity index (χ1n) is 5.30. The molecule has 1 fully saturated rings. The van der Waals surface area contributed by atoms with Gasteiger partial charge in [-0.05, 0) is 17.7 Å². The lowest BCUT2D eigenvalue weighted by Crippen LogP contribution is -2.14. The summed E-state index contributed by atoms with van der Waals surface area (Å²) in [6, 6.07) is 8.11. The van der Waals surface area contributed by atoms with Gasteiger partial charge in [-0.1, -0.05) is 12.1 Å². The summed E-state index contributed by atoms with van der Waals surface area (Å²) in [5.41, 5.74) is 1.28. The van der Waals surface area contributed by atoms with Crippen LogP contribution in [0, 0.1) is 5.92 Å². The van der Waals surface area contributed by atoms with Crippen LogP contribution in [-0.2, 0) is 0 Å². The van der Waals surface area contributed by atoms with E-state index in [4.69, 9.17) is 4.74 Å². The van der Waals surface area contributed by atoms with Crippen LogP contribution in [0.3, 0.4) is 0 Å². The van der Waals surface area contributed by atoms with Gasteiger partial charge < -0.3 is 15.2 Å². The van der Waals surface area contributed by atoms with E-state index in [1.54, 1.807) is 7.11 Å². The Labute approximate surface area is 90.1 Å². The van der Waals surface area contributed by atoms with E-state index >= 15 is 0 Å². The zero-order chi connectivity index (χ0) is 10.7. The smallest absolute Gasteiger partial charge is 0.118 e. The number of aliphatic hydroxyl groups excluding tert-OH is 1. The maximum absolute atomic E-state index is 9.23. The van der Waals surface area contributed by atoms with Gasteiger partial charge in [0.2, 0.25) is 0 Å². The van der Waals surface area contributed by atoms with Gasteiger partial charge in [0.25, 0.3) is 0 Å². The van der Waals surface area contributed by atoms with Gasteiger partial charge in [0.05, 0.1) is 7.11 Å². The highest BCUT2D eigenvalue weighted by molar-refractivity contribution is 5.30. The first kappa shape index (κ1) is 10.5. The number of ether oxygens (including phenoxy) is 1. The Morgan fingerprint density at radius 1 is 1.33 bits per heavy atom. The lowest BCUT2D eigenvalue weighted by molar-refractivity contribution is 0.226. The quantitative estimate of drug-likeness (QED) is 0.776. The second-order valence-corrected chi connectivity index (χ2v) is 3.98. The molecule has 1 aliphatic heterocycles. The van der Waals surface area contributed by atoms with Gasteiger partial charge in [-0.2, -0.15) is 0 Å². The molecule has 1 heterocycles. The largest absolute Gasteiger partial charge is 0.497 e. The van der Waals surface area contributed by atoms with E-state index in [1.807, 2.05) is 12.1 Å². The van der Waals surface area contributed by atoms with E-state index in [0.29, 0.717) is 11.8 Å². The molecule has 0 aliphatic carbocycles. The summed E-state index contributed by atoms with van der Waals surface area (Å²) in [5.74, 6) is 1.66. The van der Waals surface area contributed by atoms with E-state index < -0.39 is 0 Å². The fraction of sp³-hybridized carbons (Fsp3) is 0.500. The minimum atomic E-state index is 0.254. The lowest BCUT2D eigenvalue weighted by Gasteiger charge is -2.16. The van der Waals surface area contributed by atoms with Gasteiger partial charge in [0, 0.05) is 31.5 Å². The summed E-state index contributed by atoms with van der Waals surface area (Å²) >= 11 is 0. The fourth-order valence-corrected chi connectivity index (χ4v) is 2.17. The topological polar surface area (TPSA) is 41.5 Å². The molecule has 82 valence electrons. The van der Waals surface area contributed by atoms with Crippen LogP contribution in [0.15, 0.2) is 24.3 Å². The molecule has 1 aliphatic rings. The Morgan fingerprint density at radius 2 is 2.07 bits per heavy atom. The molecule has 0 bridgehead atoms. The highest BCUT2D eigenvalue weighted by Gasteiger charge is 2.27. The first-order valence-corrected chi connectivity index (χ1v) is 5.30. The minimum absolute atomic E-state index is 0.254. The molecule has 2 atom stereocenters. The molecule has 2 N–H and O–H groups in total. The van der Waals surface area contributed by atoms with E-state index in [1.165, 1.54) is 5.56 Å². The van der Waals surface area contributed by atoms with E-state index in [0.717, 1.165) is 18.8 Å². The fourth-order valence-electron chi connectivity index (χ4n) is 2.17. The monoisotopic (exact) mass is 207 g/mol. The summed E-state index contributed by atoms with van der Waals surface area (Å²) in [5, 5.41) is 12.5. The number of benzene rings is 1. The molecular weight excluding hydrogens is 190 g/mol. The lowest BCUT2D eigenvalue weighted by atomic mass is 9.89. The Balaban J connectivity index is 2.14. The molecule has 0 spiro atoms. The van der Waals surface area contributed by atoms with Crippen molar-refractivity contribution in [3.8, 4) is 5.75 Å². The van der Waals surface area contributed by atoms with Gasteiger partial charge in [0.15, 0.2) is 0 Å². The van der Waals surface area contributed by atoms with Crippen molar-refractivity contribution in [1.82, 2.24) is 5.32 Å². The molecule has 1 saturated heterocycles. The average Bonchev–Trinajstić information content (AvgIpc) is 2.77. The Hall–Kier alpha value is -1.06. The summed E-state index contributed by atoms with van der Waals surface area (Å²) < 4.78 is 5.12. The summed E-state index contributed by atoms with van der Waals surface area (Å²) in [6.45, 7) is 2.12. The van der Waals surface area contributed by atoms with E-state index in [9.17, 15) is 5.11 Å². The van der Waals surface area contributed by atoms with Crippen molar-refractivity contribution in [3.05, 3.63) is 29.8 Å². The summed E-state index contributed by atoms with van der Waals surface area (Å²) in [6.07, 6.45) is 0. The maximum Gasteiger partial charge on any atom is 0.118 e. The van der Waals surface area contributed by atoms with Crippen molar-refractivity contribution in [2.45, 2.75) is 5.92 Å². The predicted molar refractivity (Wildman–Crippen MR) is 59.2 cm³/mol. The number of hydrogen-bond donors (Lipinski definition) is 2. The Bertz CT molecular complexity index is 310. The summed E-state index contributed by atoms with van der Waals surface area (Å²) in [7, 11) is 1.67. The van der Waals surface area contributed by atoms with Crippen molar-refractivity contribution in [2.24, 2.45) is 5.92 Å². The standard InChI is InChI=1S/C12H17NO2/c1-15-11-4-2-9(3-5-11)12-7-13-6-10(12)8-14/h2-5,10,12-14H,6-8H2,1H3/t10-,12+/m1/s1. The number of rotatable bonds is 3. The van der Waals surface area contributed by atoms with Gasteiger partial charge in [-0.25, -0.2) is 0 Å². The highest BCUT2D eigenvalue weighted by Crippen LogP contribution is 2.28. The van der Waals surface area contributed by atoms with Crippen LogP contribution in [0.25, 0.3) is 0 Å². The first-order chi connectivity index (χ1) is 7.35. The summed E-state index contributed by atoms with van der Waals surface area (Å²) in [4.78, 5) is 0. The van der Waals surface area contributed by atoms with Gasteiger partial charge in [-0.15, -0.1) is 0 Å². The SMILES string of the molecule is COc1ccc([C@@H]2CNC[C@@H]2CO)cc1. The Morgan fingerprint density at radius 3 is 2.67 bits per heavy atom. The van der Waals surface area contributed by atoms with Crippen molar-refractivity contribution in [2.75, 3.05) is 26.8 Å². The molecule has 0 radical (unpaired) electrons. The molecule has 3 nitrogen and oxygen atoms in total. The molecule has 0 saturated carbocycles. The number of aliphatic hydroxyl groups is 1. The van der Waals surface area contributed by atoms with E-state index in [2.05, 4.69) is 17.4 Å². The zero-order valence-electron chi connectivity index (χ0n) is 8.94. The van der Waals surface area contributed by atoms with Crippen LogP contribution in [-0.4, -0.2) is 31.9 Å². The molecule has 1 aromatic rings. The third-order valence-electron chi connectivity index (χ3n) is 3.12. The van der Waals surface area contributed by atoms with Gasteiger partial charge >= 0.3 is 0 Å². The van der Waals surface area contributed by atoms with Crippen LogP contribution >= 0.6 is 0 Å². The van der Waals surface area contributed by atoms with Crippen LogP contribution in [0.1, 0.15) is 11.5 Å².